The molecular weight excluding hydrogens is 879 g/mol. The van der Waals surface area contributed by atoms with E-state index in [9.17, 15) is 66.1 Å². The summed E-state index contributed by atoms with van der Waals surface area (Å²) in [5, 5.41) is 27.8. The molecule has 1 saturated heterocycles. The molecule has 1 unspecified atom stereocenters. The Balaban J connectivity index is 1.56. The first-order chi connectivity index (χ1) is 30.8. The van der Waals surface area contributed by atoms with Crippen LogP contribution in [-0.2, 0) is 33.6 Å². The molecule has 0 saturated carbocycles. The molecule has 5 atom stereocenters. The molecule has 4 rings (SSSR count). The summed E-state index contributed by atoms with van der Waals surface area (Å²) in [7, 11) is 0. The van der Waals surface area contributed by atoms with E-state index in [0.29, 0.717) is 11.9 Å². The number of para-hydroxylation sites is 1. The fourth-order valence-electron chi connectivity index (χ4n) is 7.41. The smallest absolute Gasteiger partial charge is 0.325 e. The Kier molecular flexibility index (Phi) is 17.2. The predicted octanol–water partition coefficient (Wildman–Crippen LogP) is 3.32. The van der Waals surface area contributed by atoms with Crippen molar-refractivity contribution in [3.05, 3.63) is 71.4 Å². The molecule has 1 aromatic heterocycles. The Morgan fingerprint density at radius 1 is 0.833 bits per heavy atom. The van der Waals surface area contributed by atoms with Crippen molar-refractivity contribution in [3.8, 4) is 5.75 Å². The molecule has 0 spiro atoms. The summed E-state index contributed by atoms with van der Waals surface area (Å²) in [6.45, 7) is 9.09. The second kappa shape index (κ2) is 21.9. The van der Waals surface area contributed by atoms with Crippen LogP contribution < -0.4 is 26.1 Å². The molecule has 2 heterocycles. The summed E-state index contributed by atoms with van der Waals surface area (Å²) in [5.74, 6) is -20.5. The van der Waals surface area contributed by atoms with Crippen molar-refractivity contribution in [2.75, 3.05) is 19.7 Å². The zero-order valence-corrected chi connectivity index (χ0v) is 37.2. The Hall–Kier alpha value is -6.87. The third-order valence-electron chi connectivity index (χ3n) is 10.5. The lowest BCUT2D eigenvalue weighted by molar-refractivity contribution is -0.154. The summed E-state index contributed by atoms with van der Waals surface area (Å²) in [6, 6.07) is 4.10. The fourth-order valence-corrected chi connectivity index (χ4v) is 7.41. The van der Waals surface area contributed by atoms with Crippen molar-refractivity contribution in [1.82, 2.24) is 36.3 Å². The summed E-state index contributed by atoms with van der Waals surface area (Å²) < 4.78 is 60.7. The van der Waals surface area contributed by atoms with Crippen LogP contribution in [0.3, 0.4) is 0 Å². The first-order valence-electron chi connectivity index (χ1n) is 20.9. The average Bonchev–Trinajstić information content (AvgIpc) is 3.64. The number of likely N-dealkylation sites (tertiary alicyclic amines) is 1. The van der Waals surface area contributed by atoms with E-state index in [2.05, 4.69) is 31.1 Å². The number of benzene rings is 2. The molecule has 18 nitrogen and oxygen atoms in total. The number of carboxylic acids is 2. The van der Waals surface area contributed by atoms with Crippen LogP contribution in [-0.4, -0.2) is 116 Å². The highest BCUT2D eigenvalue weighted by atomic mass is 19.2. The summed E-state index contributed by atoms with van der Waals surface area (Å²) in [6.07, 6.45) is -0.451. The van der Waals surface area contributed by atoms with E-state index in [1.165, 1.54) is 6.07 Å². The van der Waals surface area contributed by atoms with Gasteiger partial charge in [0.25, 0.3) is 17.7 Å². The highest BCUT2D eigenvalue weighted by molar-refractivity contribution is 6.00. The molecular formula is C44H53F4N7O11. The number of hydrogen-bond acceptors (Lipinski definition) is 10. The van der Waals surface area contributed by atoms with Crippen LogP contribution in [0.15, 0.2) is 42.5 Å². The molecule has 6 amide bonds. The van der Waals surface area contributed by atoms with Crippen LogP contribution in [0.5, 0.6) is 5.75 Å². The Morgan fingerprint density at radius 2 is 1.45 bits per heavy atom. The minimum atomic E-state index is -1.98. The quantitative estimate of drug-likeness (QED) is 0.0611. The van der Waals surface area contributed by atoms with Crippen LogP contribution in [0.25, 0.3) is 10.9 Å². The number of nitrogens with one attached hydrogen (secondary N) is 4. The van der Waals surface area contributed by atoms with Crippen molar-refractivity contribution < 1.29 is 70.9 Å². The number of pyridine rings is 1. The molecule has 22 heteroatoms. The maximum absolute atomic E-state index is 14.5. The van der Waals surface area contributed by atoms with E-state index < -0.39 is 143 Å². The monoisotopic (exact) mass is 931 g/mol. The Labute approximate surface area is 376 Å². The molecule has 2 aromatic carbocycles. The highest BCUT2D eigenvalue weighted by Gasteiger charge is 2.46. The molecule has 66 heavy (non-hydrogen) atoms. The van der Waals surface area contributed by atoms with Gasteiger partial charge in [0.15, 0.2) is 24.0 Å². The van der Waals surface area contributed by atoms with E-state index in [1.807, 2.05) is 20.8 Å². The molecule has 0 bridgehead atoms. The lowest BCUT2D eigenvalue weighted by Crippen LogP contribution is -2.61. The number of aromatic nitrogens is 1. The van der Waals surface area contributed by atoms with Gasteiger partial charge in [-0.15, -0.1) is 0 Å². The van der Waals surface area contributed by atoms with Gasteiger partial charge in [0.1, 0.15) is 36.4 Å². The van der Waals surface area contributed by atoms with Crippen molar-refractivity contribution in [2.24, 2.45) is 23.2 Å². The van der Waals surface area contributed by atoms with Crippen LogP contribution in [0.1, 0.15) is 78.2 Å². The number of hydrogen-bond donors (Lipinski definition) is 6. The number of carbonyl (C=O) groups excluding carboxylic acids is 6. The highest BCUT2D eigenvalue weighted by Crippen LogP contribution is 2.36. The van der Waals surface area contributed by atoms with Gasteiger partial charge in [-0.3, -0.25) is 43.8 Å². The van der Waals surface area contributed by atoms with Crippen molar-refractivity contribution in [3.63, 3.8) is 0 Å². The lowest BCUT2D eigenvalue weighted by atomic mass is 9.81. The third kappa shape index (κ3) is 13.3. The second-order valence-corrected chi connectivity index (χ2v) is 17.7. The normalized spacial score (nSPS) is 16.3. The fraction of sp³-hybridized carbons (Fsp3) is 0.477. The largest absolute Gasteiger partial charge is 0.481 e. The molecule has 1 aliphatic rings. The minimum absolute atomic E-state index is 0.00818. The molecule has 3 aromatic rings. The summed E-state index contributed by atoms with van der Waals surface area (Å²) >= 11 is 0. The zero-order valence-electron chi connectivity index (χ0n) is 37.2. The predicted molar refractivity (Wildman–Crippen MR) is 226 cm³/mol. The number of carboxylic acid groups (broad SMARTS) is 2. The van der Waals surface area contributed by atoms with Gasteiger partial charge in [-0.25, -0.2) is 18.8 Å². The van der Waals surface area contributed by atoms with E-state index in [1.54, 1.807) is 58.0 Å². The second-order valence-electron chi connectivity index (χ2n) is 17.7. The molecule has 1 aliphatic heterocycles. The van der Waals surface area contributed by atoms with Crippen LogP contribution >= 0.6 is 0 Å². The minimum Gasteiger partial charge on any atom is -0.481 e. The standard InChI is InChI=1S/C44H53F4N7O11/c1-21(2)35(51-39(61)28-13-12-23-10-8-9-11-27(23)49-28)41(63)50-29(17-31(57)58)40(62)52-36(22(3)4)43(65)54-15-14-24(18-44(5,6)7)37(54)42(64)53-55(19-32(59)60)30(56)20-66-38-33(47)25(45)16-26(46)34(38)48/h8-13,16,21-22,24,29,35-37H,14-15,17-20H2,1-7H3,(H,50,63)(H,51,61)(H,52,62)(H,53,64)(H,57,58)(H,59,60)/t24-,29+,35+,36+,37?/m1/s1. The number of hydrazine groups is 1. The van der Waals surface area contributed by atoms with E-state index >= 15 is 0 Å². The van der Waals surface area contributed by atoms with Gasteiger partial charge in [0, 0.05) is 18.0 Å². The maximum atomic E-state index is 14.5. The van der Waals surface area contributed by atoms with E-state index in [-0.39, 0.29) is 29.7 Å². The van der Waals surface area contributed by atoms with E-state index in [4.69, 9.17) is 0 Å². The van der Waals surface area contributed by atoms with Crippen molar-refractivity contribution in [2.45, 2.75) is 91.9 Å². The number of fused-ring (bicyclic) bond motifs is 1. The van der Waals surface area contributed by atoms with Gasteiger partial charge in [-0.1, -0.05) is 72.7 Å². The Bertz CT molecular complexity index is 2330. The topological polar surface area (TPSA) is 254 Å². The van der Waals surface area contributed by atoms with Gasteiger partial charge in [0.05, 0.1) is 11.9 Å². The maximum Gasteiger partial charge on any atom is 0.325 e. The first-order valence-corrected chi connectivity index (χ1v) is 20.9. The number of amides is 6. The zero-order chi connectivity index (χ0) is 49.4. The first kappa shape index (κ1) is 51.8. The third-order valence-corrected chi connectivity index (χ3v) is 10.5. The van der Waals surface area contributed by atoms with Crippen LogP contribution in [0.4, 0.5) is 17.6 Å². The number of rotatable bonds is 18. The van der Waals surface area contributed by atoms with Gasteiger partial charge >= 0.3 is 11.9 Å². The Morgan fingerprint density at radius 3 is 2.03 bits per heavy atom. The molecule has 1 fully saturated rings. The summed E-state index contributed by atoms with van der Waals surface area (Å²) in [4.78, 5) is 112. The molecule has 358 valence electrons. The lowest BCUT2D eigenvalue weighted by Gasteiger charge is -2.35. The van der Waals surface area contributed by atoms with E-state index in [0.717, 1.165) is 10.3 Å². The molecule has 0 aliphatic carbocycles. The average molecular weight is 932 g/mol. The number of ether oxygens (including phenoxy) is 1. The molecule has 6 N–H and O–H groups in total. The van der Waals surface area contributed by atoms with Gasteiger partial charge < -0.3 is 35.8 Å². The van der Waals surface area contributed by atoms with Gasteiger partial charge in [-0.2, -0.15) is 8.78 Å². The van der Waals surface area contributed by atoms with Crippen LogP contribution in [0.2, 0.25) is 0 Å². The van der Waals surface area contributed by atoms with Crippen molar-refractivity contribution >= 4 is 58.3 Å². The number of carbonyl (C=O) groups is 8. The summed E-state index contributed by atoms with van der Waals surface area (Å²) in [5.41, 5.74) is 2.17. The van der Waals surface area contributed by atoms with Crippen molar-refractivity contribution in [1.29, 1.82) is 0 Å². The SMILES string of the molecule is CC(C)[C@H](NC(=O)c1ccc2ccccc2n1)C(=O)N[C@@H](CC(=O)O)C(=O)N[C@H](C(=O)N1CC[C@H](CC(C)(C)C)C1C(=O)NN(CC(=O)O)C(=O)COc1c(F)c(F)cc(F)c1F)C(C)C. The number of nitrogens with zero attached hydrogens (tertiary/aromatic N) is 3. The molecule has 0 radical (unpaired) electrons. The van der Waals surface area contributed by atoms with Crippen LogP contribution in [0, 0.1) is 46.4 Å². The van der Waals surface area contributed by atoms with Gasteiger partial charge in [-0.05, 0) is 48.1 Å². The number of aliphatic carboxylic acids is 2. The number of halogens is 4. The van der Waals surface area contributed by atoms with Gasteiger partial charge in [0.2, 0.25) is 29.4 Å².